The highest BCUT2D eigenvalue weighted by molar-refractivity contribution is 7.97. The average Bonchev–Trinajstić information content (AvgIpc) is 2.83. The van der Waals surface area contributed by atoms with Gasteiger partial charge in [0.05, 0.1) is 17.8 Å². The van der Waals surface area contributed by atoms with Crippen LogP contribution < -0.4 is 9.46 Å². The summed E-state index contributed by atoms with van der Waals surface area (Å²) >= 11 is 1.86. The fourth-order valence-corrected chi connectivity index (χ4v) is 4.45. The highest BCUT2D eigenvalue weighted by Gasteiger charge is 2.13. The lowest BCUT2D eigenvalue weighted by atomic mass is 9.96. The van der Waals surface area contributed by atoms with Gasteiger partial charge in [0.25, 0.3) is 0 Å². The van der Waals surface area contributed by atoms with Gasteiger partial charge < -0.3 is 9.84 Å². The largest absolute Gasteiger partial charge is 0.488 e. The first-order valence-corrected chi connectivity index (χ1v) is 12.2. The Bertz CT molecular complexity index is 927. The quantitative estimate of drug-likeness (QED) is 0.431. The van der Waals surface area contributed by atoms with Gasteiger partial charge in [0.1, 0.15) is 12.4 Å². The second-order valence-corrected chi connectivity index (χ2v) is 8.95. The maximum atomic E-state index is 9.47. The standard InChI is InChI=1S/C18H17NO2.C8H17NS/c1-13-17(11-20)19-16-10-6-5-9-15(16)18(13)21-12-14-7-3-2-4-8-14;1-2-10-9-8-6-4-3-5-7-8/h2-10,20H,11-12H2,1H3;8-9H,2-7H2,1H3. The zero-order valence-electron chi connectivity index (χ0n) is 18.6. The van der Waals surface area contributed by atoms with Crippen LogP contribution in [0.5, 0.6) is 5.75 Å². The zero-order valence-corrected chi connectivity index (χ0v) is 19.5. The number of aromatic nitrogens is 1. The summed E-state index contributed by atoms with van der Waals surface area (Å²) in [6.45, 7) is 4.55. The van der Waals surface area contributed by atoms with Crippen molar-refractivity contribution in [2.75, 3.05) is 5.75 Å². The van der Waals surface area contributed by atoms with Crippen LogP contribution in [0.2, 0.25) is 0 Å². The molecule has 5 heteroatoms. The second-order valence-electron chi connectivity index (χ2n) is 7.85. The van der Waals surface area contributed by atoms with Crippen LogP contribution in [0.1, 0.15) is 55.8 Å². The topological polar surface area (TPSA) is 54.4 Å². The van der Waals surface area contributed by atoms with Crippen LogP contribution in [0.4, 0.5) is 0 Å². The van der Waals surface area contributed by atoms with Crippen molar-refractivity contribution in [3.63, 3.8) is 0 Å². The predicted molar refractivity (Wildman–Crippen MR) is 131 cm³/mol. The minimum Gasteiger partial charge on any atom is -0.488 e. The van der Waals surface area contributed by atoms with Crippen LogP contribution in [0.3, 0.4) is 0 Å². The second kappa shape index (κ2) is 12.7. The Morgan fingerprint density at radius 2 is 1.74 bits per heavy atom. The predicted octanol–water partition coefficient (Wildman–Crippen LogP) is 6.19. The van der Waals surface area contributed by atoms with Crippen molar-refractivity contribution in [1.29, 1.82) is 0 Å². The highest BCUT2D eigenvalue weighted by atomic mass is 32.2. The van der Waals surface area contributed by atoms with Gasteiger partial charge in [-0.2, -0.15) is 0 Å². The summed E-state index contributed by atoms with van der Waals surface area (Å²) in [5, 5.41) is 10.4. The van der Waals surface area contributed by atoms with Crippen LogP contribution in [-0.4, -0.2) is 21.9 Å². The minimum absolute atomic E-state index is 0.0850. The molecule has 1 heterocycles. The molecule has 31 heavy (non-hydrogen) atoms. The molecule has 0 bridgehead atoms. The van der Waals surface area contributed by atoms with Crippen LogP contribution in [-0.2, 0) is 13.2 Å². The molecule has 2 N–H and O–H groups in total. The average molecular weight is 439 g/mol. The Morgan fingerprint density at radius 1 is 1.03 bits per heavy atom. The summed E-state index contributed by atoms with van der Waals surface area (Å²) in [6.07, 6.45) is 7.11. The van der Waals surface area contributed by atoms with E-state index in [4.69, 9.17) is 4.74 Å². The maximum absolute atomic E-state index is 9.47. The molecule has 0 unspecified atom stereocenters. The Kier molecular flexibility index (Phi) is 9.66. The molecule has 166 valence electrons. The maximum Gasteiger partial charge on any atom is 0.134 e. The van der Waals surface area contributed by atoms with E-state index < -0.39 is 0 Å². The van der Waals surface area contributed by atoms with E-state index in [1.165, 1.54) is 37.9 Å². The number of hydrogen-bond acceptors (Lipinski definition) is 5. The molecule has 1 aliphatic carbocycles. The fraction of sp³-hybridized carbons (Fsp3) is 0.423. The smallest absolute Gasteiger partial charge is 0.134 e. The number of ether oxygens (including phenoxy) is 1. The summed E-state index contributed by atoms with van der Waals surface area (Å²) in [7, 11) is 0. The number of aliphatic hydroxyl groups is 1. The SMILES string of the molecule is CCSNC1CCCCC1.Cc1c(CO)nc2ccccc2c1OCc1ccccc1. The number of benzene rings is 2. The molecule has 0 atom stereocenters. The van der Waals surface area contributed by atoms with Gasteiger partial charge in [-0.15, -0.1) is 0 Å². The number of rotatable bonds is 7. The van der Waals surface area contributed by atoms with Crippen molar-refractivity contribution in [1.82, 2.24) is 9.71 Å². The van der Waals surface area contributed by atoms with E-state index in [0.717, 1.165) is 33.8 Å². The zero-order chi connectivity index (χ0) is 21.9. The lowest BCUT2D eigenvalue weighted by Crippen LogP contribution is -2.25. The van der Waals surface area contributed by atoms with Crippen LogP contribution in [0, 0.1) is 6.92 Å². The number of hydrogen-bond donors (Lipinski definition) is 2. The Balaban J connectivity index is 0.000000229. The van der Waals surface area contributed by atoms with Crippen molar-refractivity contribution in [3.05, 3.63) is 71.4 Å². The van der Waals surface area contributed by atoms with Gasteiger partial charge in [-0.3, -0.25) is 4.72 Å². The Hall–Kier alpha value is -2.08. The molecule has 1 aliphatic rings. The van der Waals surface area contributed by atoms with Gasteiger partial charge in [0.2, 0.25) is 0 Å². The molecule has 0 spiro atoms. The number of fused-ring (bicyclic) bond motifs is 1. The number of nitrogens with zero attached hydrogens (tertiary/aromatic N) is 1. The molecule has 1 saturated carbocycles. The van der Waals surface area contributed by atoms with Gasteiger partial charge in [0, 0.05) is 22.7 Å². The molecule has 0 amide bonds. The highest BCUT2D eigenvalue weighted by Crippen LogP contribution is 2.31. The summed E-state index contributed by atoms with van der Waals surface area (Å²) in [5.74, 6) is 1.99. The molecule has 0 saturated heterocycles. The van der Waals surface area contributed by atoms with Crippen LogP contribution in [0.25, 0.3) is 10.9 Å². The van der Waals surface area contributed by atoms with Crippen molar-refractivity contribution in [3.8, 4) is 5.75 Å². The molecule has 2 aromatic carbocycles. The van der Waals surface area contributed by atoms with E-state index in [9.17, 15) is 5.11 Å². The summed E-state index contributed by atoms with van der Waals surface area (Å²) in [6, 6.07) is 18.7. The fourth-order valence-electron chi connectivity index (χ4n) is 3.82. The van der Waals surface area contributed by atoms with Crippen molar-refractivity contribution >= 4 is 22.9 Å². The number of pyridine rings is 1. The van der Waals surface area contributed by atoms with Crippen LogP contribution in [0.15, 0.2) is 54.6 Å². The first kappa shape index (κ1) is 23.6. The summed E-state index contributed by atoms with van der Waals surface area (Å²) in [4.78, 5) is 4.48. The number of nitrogens with one attached hydrogen (secondary N) is 1. The molecular weight excluding hydrogens is 404 g/mol. The molecule has 1 aromatic heterocycles. The molecule has 4 rings (SSSR count). The third kappa shape index (κ3) is 6.96. The molecule has 3 aromatic rings. The van der Waals surface area contributed by atoms with Gasteiger partial charge in [-0.05, 0) is 37.5 Å². The molecular formula is C26H34N2O2S. The third-order valence-electron chi connectivity index (χ3n) is 5.55. The number of para-hydroxylation sites is 1. The lowest BCUT2D eigenvalue weighted by Gasteiger charge is -2.21. The normalized spacial score (nSPS) is 14.2. The van der Waals surface area contributed by atoms with Gasteiger partial charge in [-0.1, -0.05) is 80.6 Å². The first-order valence-electron chi connectivity index (χ1n) is 11.3. The molecule has 0 radical (unpaired) electrons. The van der Waals surface area contributed by atoms with E-state index >= 15 is 0 Å². The van der Waals surface area contributed by atoms with Gasteiger partial charge in [0.15, 0.2) is 0 Å². The third-order valence-corrected chi connectivity index (χ3v) is 6.34. The minimum atomic E-state index is -0.0850. The van der Waals surface area contributed by atoms with E-state index in [-0.39, 0.29) is 6.61 Å². The Morgan fingerprint density at radius 3 is 2.45 bits per heavy atom. The molecule has 1 fully saturated rings. The molecule has 4 nitrogen and oxygen atoms in total. The van der Waals surface area contributed by atoms with E-state index in [2.05, 4.69) is 16.6 Å². The van der Waals surface area contributed by atoms with E-state index in [1.54, 1.807) is 0 Å². The Labute approximate surface area is 190 Å². The van der Waals surface area contributed by atoms with Crippen LogP contribution >= 0.6 is 11.9 Å². The molecule has 0 aliphatic heterocycles. The van der Waals surface area contributed by atoms with Gasteiger partial charge >= 0.3 is 0 Å². The van der Waals surface area contributed by atoms with Crippen molar-refractivity contribution < 1.29 is 9.84 Å². The monoisotopic (exact) mass is 438 g/mol. The van der Waals surface area contributed by atoms with Crippen molar-refractivity contribution in [2.45, 2.75) is 65.2 Å². The van der Waals surface area contributed by atoms with E-state index in [0.29, 0.717) is 12.3 Å². The van der Waals surface area contributed by atoms with Gasteiger partial charge in [-0.25, -0.2) is 4.98 Å². The first-order chi connectivity index (χ1) is 15.2. The summed E-state index contributed by atoms with van der Waals surface area (Å²) in [5.41, 5.74) is 3.52. The summed E-state index contributed by atoms with van der Waals surface area (Å²) < 4.78 is 9.52. The lowest BCUT2D eigenvalue weighted by molar-refractivity contribution is 0.272. The van der Waals surface area contributed by atoms with E-state index in [1.807, 2.05) is 73.5 Å². The number of aliphatic hydroxyl groups excluding tert-OH is 1. The van der Waals surface area contributed by atoms with Crippen molar-refractivity contribution in [2.24, 2.45) is 0 Å².